The fourth-order valence-electron chi connectivity index (χ4n) is 4.60. The lowest BCUT2D eigenvalue weighted by Gasteiger charge is -2.30. The maximum absolute atomic E-state index is 13.4. The summed E-state index contributed by atoms with van der Waals surface area (Å²) in [5.41, 5.74) is 0.566. The first-order valence-corrected chi connectivity index (χ1v) is 14.5. The van der Waals surface area contributed by atoms with Crippen LogP contribution in [0.3, 0.4) is 0 Å². The SMILES string of the molecule is Cn1nc(C(F)F)cc1C(=S)N[C@H]1CCc2sc(NC(=O)C3CC3)c(S(=O)(=O)NC3CC(F)C3)c2C1. The number of rotatable bonds is 8. The molecule has 0 aromatic carbocycles. The predicted octanol–water partition coefficient (Wildman–Crippen LogP) is 3.37. The Bertz CT molecular complexity index is 1300. The van der Waals surface area contributed by atoms with E-state index in [2.05, 4.69) is 20.5 Å². The molecule has 0 saturated heterocycles. The Hall–Kier alpha value is -2.03. The Labute approximate surface area is 216 Å². The number of amides is 1. The first kappa shape index (κ1) is 25.6. The summed E-state index contributed by atoms with van der Waals surface area (Å²) in [6, 6.07) is 0.511. The Balaban J connectivity index is 1.39. The summed E-state index contributed by atoms with van der Waals surface area (Å²) >= 11 is 6.70. The molecule has 3 aliphatic rings. The summed E-state index contributed by atoms with van der Waals surface area (Å²) in [5.74, 6) is -0.296. The lowest BCUT2D eigenvalue weighted by molar-refractivity contribution is -0.117. The van der Waals surface area contributed by atoms with Crippen LogP contribution in [-0.2, 0) is 34.7 Å². The van der Waals surface area contributed by atoms with E-state index in [0.717, 1.165) is 17.7 Å². The zero-order valence-corrected chi connectivity index (χ0v) is 21.8. The minimum absolute atomic E-state index is 0.0387. The molecule has 2 saturated carbocycles. The van der Waals surface area contributed by atoms with Crippen LogP contribution in [0.2, 0.25) is 0 Å². The number of halogens is 3. The summed E-state index contributed by atoms with van der Waals surface area (Å²) in [7, 11) is -2.49. The van der Waals surface area contributed by atoms with E-state index in [4.69, 9.17) is 12.2 Å². The van der Waals surface area contributed by atoms with Crippen LogP contribution in [-0.4, -0.2) is 47.3 Å². The van der Waals surface area contributed by atoms with E-state index < -0.39 is 28.7 Å². The number of carbonyl (C=O) groups excluding carboxylic acids is 1. The summed E-state index contributed by atoms with van der Waals surface area (Å²) in [4.78, 5) is 13.6. The zero-order valence-electron chi connectivity index (χ0n) is 19.4. The van der Waals surface area contributed by atoms with E-state index in [-0.39, 0.29) is 51.3 Å². The Kier molecular flexibility index (Phi) is 6.89. The third kappa shape index (κ3) is 5.18. The number of carbonyl (C=O) groups is 1. The maximum Gasteiger partial charge on any atom is 0.282 e. The van der Waals surface area contributed by atoms with Gasteiger partial charge in [0.25, 0.3) is 6.43 Å². The molecule has 0 aliphatic heterocycles. The van der Waals surface area contributed by atoms with E-state index in [1.807, 2.05) is 0 Å². The van der Waals surface area contributed by atoms with Crippen LogP contribution in [0.25, 0.3) is 0 Å². The van der Waals surface area contributed by atoms with Crippen molar-refractivity contribution in [3.05, 3.63) is 27.9 Å². The zero-order chi connectivity index (χ0) is 25.8. The van der Waals surface area contributed by atoms with Crippen molar-refractivity contribution in [2.45, 2.75) is 74.5 Å². The maximum atomic E-state index is 13.4. The molecule has 0 unspecified atom stereocenters. The number of thiocarbonyl (C=S) groups is 1. The van der Waals surface area contributed by atoms with Crippen LogP contribution in [0.5, 0.6) is 0 Å². The molecule has 0 bridgehead atoms. The van der Waals surface area contributed by atoms with Crippen molar-refractivity contribution >= 4 is 49.5 Å². The number of anilines is 1. The predicted molar refractivity (Wildman–Crippen MR) is 133 cm³/mol. The molecule has 1 amide bonds. The van der Waals surface area contributed by atoms with Crippen molar-refractivity contribution in [2.24, 2.45) is 13.0 Å². The van der Waals surface area contributed by atoms with Crippen molar-refractivity contribution in [2.75, 3.05) is 5.32 Å². The van der Waals surface area contributed by atoms with Crippen molar-refractivity contribution in [1.29, 1.82) is 0 Å². The average molecular weight is 562 g/mol. The second-order valence-corrected chi connectivity index (χ2v) is 12.8. The van der Waals surface area contributed by atoms with E-state index in [0.29, 0.717) is 30.5 Å². The summed E-state index contributed by atoms with van der Waals surface area (Å²) in [6.45, 7) is 0. The third-order valence-electron chi connectivity index (χ3n) is 6.76. The second-order valence-electron chi connectivity index (χ2n) is 9.60. The number of fused-ring (bicyclic) bond motifs is 1. The molecule has 0 spiro atoms. The van der Waals surface area contributed by atoms with E-state index >= 15 is 0 Å². The van der Waals surface area contributed by atoms with Gasteiger partial charge in [0.15, 0.2) is 0 Å². The molecular weight excluding hydrogens is 535 g/mol. The van der Waals surface area contributed by atoms with Crippen LogP contribution in [0.1, 0.15) is 60.4 Å². The number of nitrogens with one attached hydrogen (secondary N) is 3. The quantitative estimate of drug-likeness (QED) is 0.427. The fraction of sp³-hybridized carbons (Fsp3) is 0.591. The van der Waals surface area contributed by atoms with Crippen molar-refractivity contribution < 1.29 is 26.4 Å². The van der Waals surface area contributed by atoms with Gasteiger partial charge in [-0.1, -0.05) is 12.2 Å². The second kappa shape index (κ2) is 9.69. The largest absolute Gasteiger partial charge is 0.371 e. The van der Waals surface area contributed by atoms with Gasteiger partial charge in [0, 0.05) is 29.9 Å². The molecule has 2 heterocycles. The first-order chi connectivity index (χ1) is 17.0. The highest BCUT2D eigenvalue weighted by Gasteiger charge is 2.39. The summed E-state index contributed by atoms with van der Waals surface area (Å²) in [6.07, 6.45) is -0.410. The number of aryl methyl sites for hydroxylation is 2. The summed E-state index contributed by atoms with van der Waals surface area (Å²) in [5, 5.41) is 10.1. The normalized spacial score (nSPS) is 23.8. The molecule has 5 rings (SSSR count). The molecule has 0 radical (unpaired) electrons. The molecule has 2 aromatic heterocycles. The highest BCUT2D eigenvalue weighted by molar-refractivity contribution is 7.90. The van der Waals surface area contributed by atoms with Gasteiger partial charge in [0.1, 0.15) is 26.8 Å². The minimum atomic E-state index is -4.02. The topological polar surface area (TPSA) is 105 Å². The number of hydrogen-bond donors (Lipinski definition) is 3. The van der Waals surface area contributed by atoms with Gasteiger partial charge < -0.3 is 10.6 Å². The van der Waals surface area contributed by atoms with Gasteiger partial charge in [-0.3, -0.25) is 9.48 Å². The standard InChI is InChI=1S/C22H26F3N5O3S3/c1-30-16(9-15(28-30)19(24)25)21(34)26-12-4-5-17-14(8-12)18(22(35-17)27-20(31)10-2-3-10)36(32,33)29-13-6-11(23)7-13/h9-13,19,29H,2-8H2,1H3,(H,26,34)(H,27,31)/t11?,12-,13?/m0/s1. The molecule has 3 aliphatic carbocycles. The van der Waals surface area contributed by atoms with Crippen molar-refractivity contribution in [3.8, 4) is 0 Å². The van der Waals surface area contributed by atoms with Crippen molar-refractivity contribution in [3.63, 3.8) is 0 Å². The molecule has 196 valence electrons. The first-order valence-electron chi connectivity index (χ1n) is 11.8. The van der Waals surface area contributed by atoms with Crippen LogP contribution in [0.4, 0.5) is 18.2 Å². The minimum Gasteiger partial charge on any atom is -0.371 e. The number of thiophene rings is 1. The average Bonchev–Trinajstić information content (AvgIpc) is 3.46. The van der Waals surface area contributed by atoms with E-state index in [9.17, 15) is 26.4 Å². The van der Waals surface area contributed by atoms with Gasteiger partial charge in [-0.05, 0) is 56.6 Å². The van der Waals surface area contributed by atoms with Gasteiger partial charge in [-0.25, -0.2) is 26.3 Å². The smallest absolute Gasteiger partial charge is 0.282 e. The molecule has 3 N–H and O–H groups in total. The van der Waals surface area contributed by atoms with Crippen LogP contribution < -0.4 is 15.4 Å². The van der Waals surface area contributed by atoms with Crippen LogP contribution in [0.15, 0.2) is 11.0 Å². The number of nitrogens with zero attached hydrogens (tertiary/aromatic N) is 2. The molecule has 2 fully saturated rings. The van der Waals surface area contributed by atoms with E-state index in [1.54, 1.807) is 0 Å². The monoisotopic (exact) mass is 561 g/mol. The number of sulfonamides is 1. The van der Waals surface area contributed by atoms with Gasteiger partial charge in [-0.15, -0.1) is 11.3 Å². The number of aromatic nitrogens is 2. The molecule has 2 aromatic rings. The molecule has 1 atom stereocenters. The fourth-order valence-corrected chi connectivity index (χ4v) is 8.19. The van der Waals surface area contributed by atoms with Gasteiger partial charge in [0.2, 0.25) is 15.9 Å². The lowest BCUT2D eigenvalue weighted by atomic mass is 9.92. The third-order valence-corrected chi connectivity index (χ3v) is 10.1. The molecule has 36 heavy (non-hydrogen) atoms. The molecule has 8 nitrogen and oxygen atoms in total. The van der Waals surface area contributed by atoms with Crippen LogP contribution >= 0.6 is 23.6 Å². The van der Waals surface area contributed by atoms with Gasteiger partial charge in [-0.2, -0.15) is 5.10 Å². The van der Waals surface area contributed by atoms with Gasteiger partial charge >= 0.3 is 0 Å². The molecule has 14 heteroatoms. The molecular formula is C22H26F3N5O3S3. The Morgan fingerprint density at radius 2 is 1.97 bits per heavy atom. The van der Waals surface area contributed by atoms with Crippen molar-refractivity contribution in [1.82, 2.24) is 19.8 Å². The highest BCUT2D eigenvalue weighted by atomic mass is 32.2. The van der Waals surface area contributed by atoms with E-state index in [1.165, 1.54) is 29.1 Å². The number of alkyl halides is 3. The highest BCUT2D eigenvalue weighted by Crippen LogP contribution is 2.43. The lowest BCUT2D eigenvalue weighted by Crippen LogP contribution is -2.45. The Morgan fingerprint density at radius 1 is 1.25 bits per heavy atom. The van der Waals surface area contributed by atoms with Crippen LogP contribution in [0, 0.1) is 5.92 Å². The summed E-state index contributed by atoms with van der Waals surface area (Å²) < 4.78 is 70.1. The number of hydrogen-bond acceptors (Lipinski definition) is 6. The Morgan fingerprint density at radius 3 is 2.58 bits per heavy atom. The van der Waals surface area contributed by atoms with Gasteiger partial charge in [0.05, 0.1) is 5.69 Å².